The number of ether oxygens (including phenoxy) is 2. The molecule has 2 atom stereocenters. The van der Waals surface area contributed by atoms with Gasteiger partial charge in [0.1, 0.15) is 0 Å². The van der Waals surface area contributed by atoms with Crippen molar-refractivity contribution in [1.82, 2.24) is 0 Å². The largest absolute Gasteiger partial charge is 0.444 e. The predicted octanol–water partition coefficient (Wildman–Crippen LogP) is 3.77. The maximum atomic E-state index is 13.2. The van der Waals surface area contributed by atoms with Crippen molar-refractivity contribution in [3.63, 3.8) is 0 Å². The molecular weight excluding hydrogens is 478 g/mol. The molecule has 3 aromatic rings. The summed E-state index contributed by atoms with van der Waals surface area (Å²) in [6, 6.07) is 22.6. The molecule has 1 aliphatic heterocycles. The second-order valence-corrected chi connectivity index (χ2v) is 7.70. The van der Waals surface area contributed by atoms with Gasteiger partial charge in [0.05, 0.1) is 16.8 Å². The topological polar surface area (TPSA) is 90.0 Å². The number of hydrogen-bond acceptors (Lipinski definition) is 6. The lowest BCUT2D eigenvalue weighted by atomic mass is 10.2. The zero-order chi connectivity index (χ0) is 22.7. The van der Waals surface area contributed by atoms with Crippen molar-refractivity contribution in [2.45, 2.75) is 12.2 Å². The van der Waals surface area contributed by atoms with Gasteiger partial charge in [0.25, 0.3) is 11.8 Å². The average molecular weight is 494 g/mol. The Morgan fingerprint density at radius 2 is 1.06 bits per heavy atom. The molecule has 0 aromatic heterocycles. The van der Waals surface area contributed by atoms with Crippen LogP contribution < -0.4 is 4.90 Å². The Bertz CT molecular complexity index is 1110. The summed E-state index contributed by atoms with van der Waals surface area (Å²) in [5.74, 6) is -3.24. The van der Waals surface area contributed by atoms with Gasteiger partial charge in [-0.15, -0.1) is 0 Å². The molecule has 1 heterocycles. The summed E-state index contributed by atoms with van der Waals surface area (Å²) >= 11 is 3.31. The summed E-state index contributed by atoms with van der Waals surface area (Å²) in [7, 11) is 0. The molecule has 1 saturated heterocycles. The first kappa shape index (κ1) is 21.5. The predicted molar refractivity (Wildman–Crippen MR) is 118 cm³/mol. The number of benzene rings is 3. The monoisotopic (exact) mass is 493 g/mol. The van der Waals surface area contributed by atoms with E-state index < -0.39 is 36.0 Å². The van der Waals surface area contributed by atoms with Gasteiger partial charge in [-0.25, -0.2) is 14.5 Å². The highest BCUT2D eigenvalue weighted by Gasteiger charge is 2.54. The summed E-state index contributed by atoms with van der Waals surface area (Å²) in [4.78, 5) is 52.4. The quantitative estimate of drug-likeness (QED) is 0.396. The molecule has 8 heteroatoms. The normalized spacial score (nSPS) is 17.8. The summed E-state index contributed by atoms with van der Waals surface area (Å²) in [6.45, 7) is 0. The SMILES string of the molecule is O=C(O[C@@H]1C(=O)N(c2ccccc2Br)C(=O)[C@H]1OC(=O)c1ccccc1)c1ccccc1. The molecule has 0 spiro atoms. The highest BCUT2D eigenvalue weighted by molar-refractivity contribution is 9.10. The Labute approximate surface area is 191 Å². The van der Waals surface area contributed by atoms with Crippen LogP contribution in [0.25, 0.3) is 0 Å². The molecule has 1 aliphatic rings. The van der Waals surface area contributed by atoms with Crippen LogP contribution in [0.5, 0.6) is 0 Å². The number of hydrogen-bond donors (Lipinski definition) is 0. The molecule has 0 saturated carbocycles. The molecule has 0 radical (unpaired) electrons. The van der Waals surface area contributed by atoms with Crippen LogP contribution in [-0.2, 0) is 19.1 Å². The molecule has 0 unspecified atom stereocenters. The van der Waals surface area contributed by atoms with Crippen molar-refractivity contribution in [2.75, 3.05) is 4.90 Å². The molecule has 1 fully saturated rings. The summed E-state index contributed by atoms with van der Waals surface area (Å²) < 4.78 is 11.2. The van der Waals surface area contributed by atoms with E-state index in [1.807, 2.05) is 0 Å². The Morgan fingerprint density at radius 1 is 0.656 bits per heavy atom. The lowest BCUT2D eigenvalue weighted by Crippen LogP contribution is -2.37. The van der Waals surface area contributed by atoms with Gasteiger partial charge in [-0.2, -0.15) is 0 Å². The van der Waals surface area contributed by atoms with Crippen molar-refractivity contribution in [1.29, 1.82) is 0 Å². The van der Waals surface area contributed by atoms with Gasteiger partial charge < -0.3 is 9.47 Å². The molecule has 7 nitrogen and oxygen atoms in total. The number of amides is 2. The Kier molecular flexibility index (Phi) is 6.13. The first-order valence-electron chi connectivity index (χ1n) is 9.62. The fourth-order valence-corrected chi connectivity index (χ4v) is 3.69. The van der Waals surface area contributed by atoms with E-state index in [9.17, 15) is 19.2 Å². The van der Waals surface area contributed by atoms with Crippen LogP contribution in [0.1, 0.15) is 20.7 Å². The first-order chi connectivity index (χ1) is 15.5. The minimum atomic E-state index is -1.63. The molecule has 0 aliphatic carbocycles. The maximum Gasteiger partial charge on any atom is 0.339 e. The number of rotatable bonds is 5. The second-order valence-electron chi connectivity index (χ2n) is 6.85. The van der Waals surface area contributed by atoms with Gasteiger partial charge in [0.15, 0.2) is 0 Å². The van der Waals surface area contributed by atoms with Crippen LogP contribution in [0.4, 0.5) is 5.69 Å². The van der Waals surface area contributed by atoms with Crippen LogP contribution >= 0.6 is 15.9 Å². The number of anilines is 1. The highest BCUT2D eigenvalue weighted by Crippen LogP contribution is 2.32. The number of imide groups is 1. The molecular formula is C24H16BrNO6. The van der Waals surface area contributed by atoms with Crippen LogP contribution in [-0.4, -0.2) is 36.0 Å². The van der Waals surface area contributed by atoms with E-state index >= 15 is 0 Å². The molecule has 3 aromatic carbocycles. The van der Waals surface area contributed by atoms with Gasteiger partial charge in [0.2, 0.25) is 12.2 Å². The van der Waals surface area contributed by atoms with Gasteiger partial charge >= 0.3 is 11.9 Å². The van der Waals surface area contributed by atoms with Gasteiger partial charge in [-0.3, -0.25) is 9.59 Å². The maximum absolute atomic E-state index is 13.2. The molecule has 4 rings (SSSR count). The highest BCUT2D eigenvalue weighted by atomic mass is 79.9. The number of halogens is 1. The van der Waals surface area contributed by atoms with Crippen molar-refractivity contribution in [3.05, 3.63) is 101 Å². The van der Waals surface area contributed by atoms with E-state index in [2.05, 4.69) is 15.9 Å². The fourth-order valence-electron chi connectivity index (χ4n) is 3.23. The minimum Gasteiger partial charge on any atom is -0.444 e. The van der Waals surface area contributed by atoms with Gasteiger partial charge in [-0.05, 0) is 52.3 Å². The Balaban J connectivity index is 1.67. The van der Waals surface area contributed by atoms with Gasteiger partial charge in [-0.1, -0.05) is 48.5 Å². The smallest absolute Gasteiger partial charge is 0.339 e. The third-order valence-electron chi connectivity index (χ3n) is 4.78. The summed E-state index contributed by atoms with van der Waals surface area (Å²) in [5.41, 5.74) is 0.641. The number of nitrogens with zero attached hydrogens (tertiary/aromatic N) is 1. The van der Waals surface area contributed by atoms with E-state index in [-0.39, 0.29) is 16.8 Å². The molecule has 0 bridgehead atoms. The number of esters is 2. The van der Waals surface area contributed by atoms with Crippen molar-refractivity contribution < 1.29 is 28.7 Å². The number of carbonyl (C=O) groups is 4. The van der Waals surface area contributed by atoms with E-state index in [4.69, 9.17) is 9.47 Å². The van der Waals surface area contributed by atoms with E-state index in [1.54, 1.807) is 60.7 Å². The first-order valence-corrected chi connectivity index (χ1v) is 10.4. The second kappa shape index (κ2) is 9.15. The average Bonchev–Trinajstić information content (AvgIpc) is 3.04. The Hall–Kier alpha value is -3.78. The standard InChI is InChI=1S/C24H16BrNO6/c25-17-13-7-8-14-18(17)26-21(27)19(31-23(29)15-9-3-1-4-10-15)20(22(26)28)32-24(30)16-11-5-2-6-12-16/h1-14,19-20H/t19-,20-/m0/s1. The Morgan fingerprint density at radius 3 is 1.50 bits per heavy atom. The van der Waals surface area contributed by atoms with Crippen molar-refractivity contribution in [3.8, 4) is 0 Å². The summed E-state index contributed by atoms with van der Waals surface area (Å²) in [6.07, 6.45) is -3.26. The number of para-hydroxylation sites is 1. The molecule has 160 valence electrons. The summed E-state index contributed by atoms with van der Waals surface area (Å²) in [5, 5.41) is 0. The third-order valence-corrected chi connectivity index (χ3v) is 5.45. The van der Waals surface area contributed by atoms with Crippen molar-refractivity contribution >= 4 is 45.4 Å². The van der Waals surface area contributed by atoms with Crippen LogP contribution in [0.3, 0.4) is 0 Å². The fraction of sp³-hybridized carbons (Fsp3) is 0.0833. The van der Waals surface area contributed by atoms with Crippen LogP contribution in [0.15, 0.2) is 89.4 Å². The van der Waals surface area contributed by atoms with E-state index in [0.717, 1.165) is 4.90 Å². The zero-order valence-corrected chi connectivity index (χ0v) is 18.1. The molecule has 2 amide bonds. The number of carbonyl (C=O) groups excluding carboxylic acids is 4. The zero-order valence-electron chi connectivity index (χ0n) is 16.5. The van der Waals surface area contributed by atoms with Gasteiger partial charge in [0, 0.05) is 4.47 Å². The lowest BCUT2D eigenvalue weighted by Gasteiger charge is -2.16. The van der Waals surface area contributed by atoms with E-state index in [0.29, 0.717) is 4.47 Å². The third kappa shape index (κ3) is 4.17. The minimum absolute atomic E-state index is 0.195. The van der Waals surface area contributed by atoms with Crippen LogP contribution in [0, 0.1) is 0 Å². The molecule has 0 N–H and O–H groups in total. The van der Waals surface area contributed by atoms with Crippen LogP contribution in [0.2, 0.25) is 0 Å². The van der Waals surface area contributed by atoms with E-state index in [1.165, 1.54) is 24.3 Å². The van der Waals surface area contributed by atoms with Crippen molar-refractivity contribution in [2.24, 2.45) is 0 Å². The molecule has 32 heavy (non-hydrogen) atoms. The lowest BCUT2D eigenvalue weighted by molar-refractivity contribution is -0.130.